The molecule has 0 amide bonds. The van der Waals surface area contributed by atoms with Gasteiger partial charge in [0, 0.05) is 18.3 Å². The lowest BCUT2D eigenvalue weighted by molar-refractivity contribution is 0.329. The largest absolute Gasteiger partial charge is 0.497 e. The number of ether oxygens (including phenoxy) is 1. The van der Waals surface area contributed by atoms with Gasteiger partial charge in [-0.1, -0.05) is 30.3 Å². The summed E-state index contributed by atoms with van der Waals surface area (Å²) in [7, 11) is 1.68. The van der Waals surface area contributed by atoms with Crippen LogP contribution in [0.25, 0.3) is 11.1 Å². The number of rotatable bonds is 8. The summed E-state index contributed by atoms with van der Waals surface area (Å²) in [5.74, 6) is 0.735. The van der Waals surface area contributed by atoms with E-state index >= 15 is 0 Å². The van der Waals surface area contributed by atoms with E-state index < -0.39 is 5.79 Å². The second-order valence-corrected chi connectivity index (χ2v) is 7.89. The zero-order chi connectivity index (χ0) is 20.8. The van der Waals surface area contributed by atoms with Crippen LogP contribution in [0.4, 0.5) is 0 Å². The van der Waals surface area contributed by atoms with Gasteiger partial charge in [-0.15, -0.1) is 0 Å². The molecule has 0 aromatic heterocycles. The minimum absolute atomic E-state index is 0.831. The van der Waals surface area contributed by atoms with Gasteiger partial charge in [-0.3, -0.25) is 5.73 Å². The molecule has 2 aliphatic rings. The molecule has 1 atom stereocenters. The SMILES string of the molecule is COc1cccc(-c2cccc(C3(N)N=CC=C(NCCCN4CCCC4)N3)c2)c1. The fraction of sp³-hybridized carbons (Fsp3) is 0.375. The van der Waals surface area contributed by atoms with Crippen LogP contribution in [0.15, 0.2) is 65.4 Å². The summed E-state index contributed by atoms with van der Waals surface area (Å²) in [6.07, 6.45) is 7.49. The van der Waals surface area contributed by atoms with E-state index in [0.717, 1.165) is 47.8 Å². The van der Waals surface area contributed by atoms with Crippen molar-refractivity contribution in [2.45, 2.75) is 25.0 Å². The minimum atomic E-state index is -0.999. The highest BCUT2D eigenvalue weighted by molar-refractivity contribution is 5.74. The quantitative estimate of drug-likeness (QED) is 0.589. The topological polar surface area (TPSA) is 74.9 Å². The van der Waals surface area contributed by atoms with Gasteiger partial charge in [0.1, 0.15) is 11.6 Å². The fourth-order valence-electron chi connectivity index (χ4n) is 4.03. The fourth-order valence-corrected chi connectivity index (χ4v) is 4.03. The average Bonchev–Trinajstić information content (AvgIpc) is 3.31. The van der Waals surface area contributed by atoms with Gasteiger partial charge in [-0.25, -0.2) is 4.99 Å². The molecule has 30 heavy (non-hydrogen) atoms. The van der Waals surface area contributed by atoms with Crippen LogP contribution in [0, 0.1) is 0 Å². The van der Waals surface area contributed by atoms with E-state index in [2.05, 4.69) is 38.7 Å². The Hall–Kier alpha value is -2.83. The van der Waals surface area contributed by atoms with Crippen molar-refractivity contribution >= 4 is 6.21 Å². The van der Waals surface area contributed by atoms with E-state index in [1.165, 1.54) is 25.9 Å². The van der Waals surface area contributed by atoms with Crippen LogP contribution in [-0.4, -0.2) is 44.4 Å². The van der Waals surface area contributed by atoms with Gasteiger partial charge in [0.25, 0.3) is 0 Å². The molecule has 1 fully saturated rings. The molecule has 2 aromatic carbocycles. The molecule has 2 aliphatic heterocycles. The van der Waals surface area contributed by atoms with E-state index in [4.69, 9.17) is 10.5 Å². The second-order valence-electron chi connectivity index (χ2n) is 7.89. The van der Waals surface area contributed by atoms with E-state index in [9.17, 15) is 0 Å². The lowest BCUT2D eigenvalue weighted by Gasteiger charge is -2.32. The molecule has 0 radical (unpaired) electrons. The molecule has 6 heteroatoms. The summed E-state index contributed by atoms with van der Waals surface area (Å²) in [6.45, 7) is 4.53. The maximum absolute atomic E-state index is 6.65. The second kappa shape index (κ2) is 9.32. The molecular formula is C24H31N5O. The maximum Gasteiger partial charge on any atom is 0.210 e. The van der Waals surface area contributed by atoms with Crippen molar-refractivity contribution in [3.8, 4) is 16.9 Å². The van der Waals surface area contributed by atoms with Crippen LogP contribution < -0.4 is 21.1 Å². The third-order valence-electron chi connectivity index (χ3n) is 5.72. The standard InChI is InChI=1S/C24H31N5O/c1-30-22-10-5-8-20(18-22)19-7-4-9-21(17-19)24(25)27-13-11-23(28-24)26-12-6-16-29-14-2-3-15-29/h4-5,7-11,13,17-18,26,28H,2-3,6,12,14-16,25H2,1H3. The molecule has 0 bridgehead atoms. The Bertz CT molecular complexity index is 919. The Morgan fingerprint density at radius 3 is 2.70 bits per heavy atom. The van der Waals surface area contributed by atoms with Crippen LogP contribution in [0.1, 0.15) is 24.8 Å². The van der Waals surface area contributed by atoms with Crippen molar-refractivity contribution in [1.29, 1.82) is 0 Å². The third-order valence-corrected chi connectivity index (χ3v) is 5.72. The Balaban J connectivity index is 1.40. The number of nitrogens with zero attached hydrogens (tertiary/aromatic N) is 2. The monoisotopic (exact) mass is 405 g/mol. The first kappa shape index (κ1) is 20.4. The zero-order valence-corrected chi connectivity index (χ0v) is 17.6. The van der Waals surface area contributed by atoms with Crippen molar-refractivity contribution in [2.24, 2.45) is 10.7 Å². The van der Waals surface area contributed by atoms with Crippen LogP contribution in [-0.2, 0) is 5.79 Å². The van der Waals surface area contributed by atoms with Crippen molar-refractivity contribution in [1.82, 2.24) is 15.5 Å². The van der Waals surface area contributed by atoms with Crippen molar-refractivity contribution in [3.05, 3.63) is 66.0 Å². The van der Waals surface area contributed by atoms with Gasteiger partial charge >= 0.3 is 0 Å². The normalized spacial score (nSPS) is 21.2. The molecule has 1 unspecified atom stereocenters. The number of nitrogens with one attached hydrogen (secondary N) is 2. The number of hydrogen-bond donors (Lipinski definition) is 3. The molecule has 1 saturated heterocycles. The number of allylic oxidation sites excluding steroid dienone is 1. The zero-order valence-electron chi connectivity index (χ0n) is 17.6. The lowest BCUT2D eigenvalue weighted by Crippen LogP contribution is -2.52. The van der Waals surface area contributed by atoms with E-state index in [1.807, 2.05) is 36.4 Å². The Labute approximate surface area is 178 Å². The van der Waals surface area contributed by atoms with Crippen molar-refractivity contribution in [2.75, 3.05) is 33.3 Å². The summed E-state index contributed by atoms with van der Waals surface area (Å²) in [6, 6.07) is 16.2. The summed E-state index contributed by atoms with van der Waals surface area (Å²) >= 11 is 0. The maximum atomic E-state index is 6.65. The van der Waals surface area contributed by atoms with E-state index in [1.54, 1.807) is 13.3 Å². The lowest BCUT2D eigenvalue weighted by atomic mass is 9.99. The minimum Gasteiger partial charge on any atom is -0.497 e. The molecule has 0 spiro atoms. The first-order valence-corrected chi connectivity index (χ1v) is 10.7. The summed E-state index contributed by atoms with van der Waals surface area (Å²) in [5, 5.41) is 6.83. The first-order valence-electron chi connectivity index (χ1n) is 10.7. The highest BCUT2D eigenvalue weighted by Crippen LogP contribution is 2.28. The van der Waals surface area contributed by atoms with E-state index in [0.29, 0.717) is 0 Å². The van der Waals surface area contributed by atoms with Crippen molar-refractivity contribution < 1.29 is 4.74 Å². The highest BCUT2D eigenvalue weighted by atomic mass is 16.5. The summed E-state index contributed by atoms with van der Waals surface area (Å²) in [5.41, 5.74) is 9.71. The Morgan fingerprint density at radius 1 is 1.13 bits per heavy atom. The van der Waals surface area contributed by atoms with Crippen molar-refractivity contribution in [3.63, 3.8) is 0 Å². The molecule has 158 valence electrons. The molecule has 6 nitrogen and oxygen atoms in total. The average molecular weight is 406 g/mol. The van der Waals surface area contributed by atoms with Gasteiger partial charge in [0.05, 0.1) is 7.11 Å². The van der Waals surface area contributed by atoms with Gasteiger partial charge in [-0.2, -0.15) is 0 Å². The molecule has 0 aliphatic carbocycles. The molecule has 2 aromatic rings. The Kier molecular flexibility index (Phi) is 6.35. The number of nitrogens with two attached hydrogens (primary N) is 1. The number of hydrogen-bond acceptors (Lipinski definition) is 6. The number of aliphatic imine (C=N–C) groups is 1. The van der Waals surface area contributed by atoms with E-state index in [-0.39, 0.29) is 0 Å². The van der Waals surface area contributed by atoms with Crippen LogP contribution in [0.5, 0.6) is 5.75 Å². The van der Waals surface area contributed by atoms with Crippen LogP contribution >= 0.6 is 0 Å². The Morgan fingerprint density at radius 2 is 1.90 bits per heavy atom. The predicted molar refractivity (Wildman–Crippen MR) is 122 cm³/mol. The third kappa shape index (κ3) is 4.83. The molecule has 4 rings (SSSR count). The smallest absolute Gasteiger partial charge is 0.210 e. The molecule has 0 saturated carbocycles. The predicted octanol–water partition coefficient (Wildman–Crippen LogP) is 3.02. The molecule has 2 heterocycles. The van der Waals surface area contributed by atoms with Gasteiger partial charge in [0.2, 0.25) is 5.79 Å². The van der Waals surface area contributed by atoms with Gasteiger partial charge < -0.3 is 20.3 Å². The highest BCUT2D eigenvalue weighted by Gasteiger charge is 2.28. The van der Waals surface area contributed by atoms with Crippen LogP contribution in [0.3, 0.4) is 0 Å². The van der Waals surface area contributed by atoms with Crippen LogP contribution in [0.2, 0.25) is 0 Å². The van der Waals surface area contributed by atoms with Gasteiger partial charge in [-0.05, 0) is 74.3 Å². The molecule has 4 N–H and O–H groups in total. The summed E-state index contributed by atoms with van der Waals surface area (Å²) in [4.78, 5) is 7.06. The number of likely N-dealkylation sites (tertiary alicyclic amines) is 1. The number of methoxy groups -OCH3 is 1. The summed E-state index contributed by atoms with van der Waals surface area (Å²) < 4.78 is 5.36. The molecular weight excluding hydrogens is 374 g/mol. The number of benzene rings is 2. The first-order chi connectivity index (χ1) is 14.7. The van der Waals surface area contributed by atoms with Gasteiger partial charge in [0.15, 0.2) is 0 Å².